The van der Waals surface area contributed by atoms with Crippen LogP contribution in [0.2, 0.25) is 0 Å². The van der Waals surface area contributed by atoms with Crippen LogP contribution in [0.1, 0.15) is 25.2 Å². The zero-order chi connectivity index (χ0) is 14.0. The Balaban J connectivity index is 1.69. The minimum absolute atomic E-state index is 0.586. The predicted molar refractivity (Wildman–Crippen MR) is 83.7 cm³/mol. The number of aromatic nitrogens is 2. The first-order chi connectivity index (χ1) is 9.90. The van der Waals surface area contributed by atoms with E-state index in [2.05, 4.69) is 21.8 Å². The van der Waals surface area contributed by atoms with Crippen LogP contribution >= 0.6 is 11.8 Å². The number of rotatable bonds is 9. The van der Waals surface area contributed by atoms with Crippen molar-refractivity contribution in [3.63, 3.8) is 0 Å². The lowest BCUT2D eigenvalue weighted by Gasteiger charge is -2.01. The van der Waals surface area contributed by atoms with Gasteiger partial charge in [-0.25, -0.2) is 0 Å². The largest absolute Gasteiger partial charge is 0.419 e. The monoisotopic (exact) mass is 291 g/mol. The SMILES string of the molecule is CSCCCCCNCc1nnc(-c2ccccc2)o1. The van der Waals surface area contributed by atoms with Crippen molar-refractivity contribution in [2.24, 2.45) is 0 Å². The molecule has 2 aromatic rings. The van der Waals surface area contributed by atoms with Gasteiger partial charge in [-0.1, -0.05) is 24.6 Å². The van der Waals surface area contributed by atoms with Crippen LogP contribution in [0.5, 0.6) is 0 Å². The van der Waals surface area contributed by atoms with Gasteiger partial charge in [0, 0.05) is 5.56 Å². The number of hydrogen-bond acceptors (Lipinski definition) is 5. The molecule has 1 heterocycles. The van der Waals surface area contributed by atoms with Gasteiger partial charge in [-0.2, -0.15) is 11.8 Å². The molecule has 0 fully saturated rings. The Morgan fingerprint density at radius 1 is 1.10 bits per heavy atom. The van der Waals surface area contributed by atoms with Crippen LogP contribution in [0.3, 0.4) is 0 Å². The van der Waals surface area contributed by atoms with Gasteiger partial charge in [0.1, 0.15) is 0 Å². The Labute approximate surface area is 124 Å². The molecule has 0 radical (unpaired) electrons. The third kappa shape index (κ3) is 4.98. The van der Waals surface area contributed by atoms with Gasteiger partial charge in [0.05, 0.1) is 6.54 Å². The number of benzene rings is 1. The molecule has 4 nitrogen and oxygen atoms in total. The molecule has 0 saturated carbocycles. The Bertz CT molecular complexity index is 487. The fraction of sp³-hybridized carbons (Fsp3) is 0.467. The molecule has 1 aromatic heterocycles. The highest BCUT2D eigenvalue weighted by Crippen LogP contribution is 2.16. The summed E-state index contributed by atoms with van der Waals surface area (Å²) in [6, 6.07) is 9.84. The molecule has 0 aliphatic rings. The molecular formula is C15H21N3OS. The number of unbranched alkanes of at least 4 members (excludes halogenated alkanes) is 2. The molecule has 2 rings (SSSR count). The minimum atomic E-state index is 0.586. The summed E-state index contributed by atoms with van der Waals surface area (Å²) < 4.78 is 5.63. The van der Waals surface area contributed by atoms with Gasteiger partial charge in [0.25, 0.3) is 0 Å². The highest BCUT2D eigenvalue weighted by molar-refractivity contribution is 7.98. The average molecular weight is 291 g/mol. The standard InChI is InChI=1S/C15H21N3OS/c1-20-11-7-3-6-10-16-12-14-17-18-15(19-14)13-8-4-2-5-9-13/h2,4-5,8-9,16H,3,6-7,10-12H2,1H3. The molecule has 1 aromatic carbocycles. The Morgan fingerprint density at radius 3 is 2.75 bits per heavy atom. The molecule has 5 heteroatoms. The highest BCUT2D eigenvalue weighted by Gasteiger charge is 2.07. The van der Waals surface area contributed by atoms with E-state index in [1.54, 1.807) is 0 Å². The second kappa shape index (κ2) is 8.76. The fourth-order valence-corrected chi connectivity index (χ4v) is 2.38. The number of hydrogen-bond donors (Lipinski definition) is 1. The number of nitrogens with zero attached hydrogens (tertiary/aromatic N) is 2. The van der Waals surface area contributed by atoms with Crippen molar-refractivity contribution < 1.29 is 4.42 Å². The smallest absolute Gasteiger partial charge is 0.247 e. The van der Waals surface area contributed by atoms with E-state index in [4.69, 9.17) is 4.42 Å². The van der Waals surface area contributed by atoms with Crippen molar-refractivity contribution in [1.29, 1.82) is 0 Å². The van der Waals surface area contributed by atoms with Crippen molar-refractivity contribution in [3.8, 4) is 11.5 Å². The Morgan fingerprint density at radius 2 is 1.95 bits per heavy atom. The maximum absolute atomic E-state index is 5.63. The van der Waals surface area contributed by atoms with E-state index in [0.29, 0.717) is 18.3 Å². The van der Waals surface area contributed by atoms with E-state index in [9.17, 15) is 0 Å². The lowest BCUT2D eigenvalue weighted by molar-refractivity contribution is 0.473. The summed E-state index contributed by atoms with van der Waals surface area (Å²) >= 11 is 1.91. The molecule has 0 aliphatic carbocycles. The van der Waals surface area contributed by atoms with Gasteiger partial charge >= 0.3 is 0 Å². The van der Waals surface area contributed by atoms with Crippen LogP contribution < -0.4 is 5.32 Å². The zero-order valence-corrected chi connectivity index (χ0v) is 12.7. The van der Waals surface area contributed by atoms with Crippen molar-refractivity contribution >= 4 is 11.8 Å². The van der Waals surface area contributed by atoms with Crippen LogP contribution in [0.15, 0.2) is 34.7 Å². The van der Waals surface area contributed by atoms with E-state index >= 15 is 0 Å². The van der Waals surface area contributed by atoms with E-state index in [0.717, 1.165) is 12.1 Å². The van der Waals surface area contributed by atoms with Crippen molar-refractivity contribution in [2.75, 3.05) is 18.6 Å². The third-order valence-electron chi connectivity index (χ3n) is 2.97. The van der Waals surface area contributed by atoms with Gasteiger partial charge in [-0.05, 0) is 43.5 Å². The summed E-state index contributed by atoms with van der Waals surface area (Å²) in [6.45, 7) is 1.64. The summed E-state index contributed by atoms with van der Waals surface area (Å²) in [5, 5.41) is 11.5. The van der Waals surface area contributed by atoms with Gasteiger partial charge in [-0.3, -0.25) is 0 Å². The first-order valence-corrected chi connectivity index (χ1v) is 8.37. The van der Waals surface area contributed by atoms with Crippen LogP contribution in [-0.4, -0.2) is 28.8 Å². The molecule has 0 amide bonds. The third-order valence-corrected chi connectivity index (χ3v) is 3.66. The lowest BCUT2D eigenvalue weighted by atomic mass is 10.2. The maximum atomic E-state index is 5.63. The lowest BCUT2D eigenvalue weighted by Crippen LogP contribution is -2.14. The predicted octanol–water partition coefficient (Wildman–Crippen LogP) is 3.36. The van der Waals surface area contributed by atoms with Gasteiger partial charge in [0.2, 0.25) is 11.8 Å². The van der Waals surface area contributed by atoms with E-state index in [1.165, 1.54) is 25.0 Å². The summed E-state index contributed by atoms with van der Waals surface area (Å²) in [7, 11) is 0. The van der Waals surface area contributed by atoms with Crippen LogP contribution in [0, 0.1) is 0 Å². The van der Waals surface area contributed by atoms with Crippen LogP contribution in [0.4, 0.5) is 0 Å². The second-order valence-electron chi connectivity index (χ2n) is 4.60. The molecule has 0 bridgehead atoms. The van der Waals surface area contributed by atoms with Crippen LogP contribution in [0.25, 0.3) is 11.5 Å². The number of nitrogens with one attached hydrogen (secondary N) is 1. The van der Waals surface area contributed by atoms with E-state index in [1.807, 2.05) is 42.1 Å². The molecule has 0 atom stereocenters. The van der Waals surface area contributed by atoms with Crippen molar-refractivity contribution in [2.45, 2.75) is 25.8 Å². The molecule has 0 saturated heterocycles. The molecule has 0 spiro atoms. The number of thioether (sulfide) groups is 1. The van der Waals surface area contributed by atoms with E-state index in [-0.39, 0.29) is 0 Å². The molecule has 0 aliphatic heterocycles. The maximum Gasteiger partial charge on any atom is 0.247 e. The second-order valence-corrected chi connectivity index (χ2v) is 5.58. The first-order valence-electron chi connectivity index (χ1n) is 6.97. The molecule has 108 valence electrons. The minimum Gasteiger partial charge on any atom is -0.419 e. The average Bonchev–Trinajstić information content (AvgIpc) is 2.96. The van der Waals surface area contributed by atoms with Crippen molar-refractivity contribution in [1.82, 2.24) is 15.5 Å². The molecule has 0 unspecified atom stereocenters. The topological polar surface area (TPSA) is 51.0 Å². The Kier molecular flexibility index (Phi) is 6.60. The van der Waals surface area contributed by atoms with Gasteiger partial charge in [0.15, 0.2) is 0 Å². The van der Waals surface area contributed by atoms with Crippen LogP contribution in [-0.2, 0) is 6.54 Å². The zero-order valence-electron chi connectivity index (χ0n) is 11.8. The first kappa shape index (κ1) is 15.1. The fourth-order valence-electron chi connectivity index (χ4n) is 1.89. The quantitative estimate of drug-likeness (QED) is 0.718. The summed E-state index contributed by atoms with van der Waals surface area (Å²) in [4.78, 5) is 0. The normalized spacial score (nSPS) is 10.8. The summed E-state index contributed by atoms with van der Waals surface area (Å²) in [5.41, 5.74) is 0.961. The molecule has 1 N–H and O–H groups in total. The van der Waals surface area contributed by atoms with Gasteiger partial charge in [-0.15, -0.1) is 10.2 Å². The molecule has 20 heavy (non-hydrogen) atoms. The highest BCUT2D eigenvalue weighted by atomic mass is 32.2. The summed E-state index contributed by atoms with van der Waals surface area (Å²) in [6.07, 6.45) is 5.91. The molecular weight excluding hydrogens is 270 g/mol. The van der Waals surface area contributed by atoms with Crippen molar-refractivity contribution in [3.05, 3.63) is 36.2 Å². The van der Waals surface area contributed by atoms with E-state index < -0.39 is 0 Å². The summed E-state index contributed by atoms with van der Waals surface area (Å²) in [5.74, 6) is 2.49. The Hall–Kier alpha value is -1.33. The van der Waals surface area contributed by atoms with Gasteiger partial charge < -0.3 is 9.73 Å².